The molecule has 166 valence electrons. The monoisotopic (exact) mass is 438 g/mol. The summed E-state index contributed by atoms with van der Waals surface area (Å²) in [5.74, 6) is -0.0326. The number of fused-ring (bicyclic) bond motifs is 1. The van der Waals surface area contributed by atoms with E-state index in [1.54, 1.807) is 18.2 Å². The maximum Gasteiger partial charge on any atom is 0.348 e. The molecule has 1 saturated carbocycles. The van der Waals surface area contributed by atoms with Gasteiger partial charge in [0.05, 0.1) is 7.11 Å². The minimum atomic E-state index is -1.09. The Hall–Kier alpha value is -3.68. The summed E-state index contributed by atoms with van der Waals surface area (Å²) in [6.07, 6.45) is 4.26. The third-order valence-electron chi connectivity index (χ3n) is 5.69. The summed E-state index contributed by atoms with van der Waals surface area (Å²) in [7, 11) is 1.52. The normalized spacial score (nSPS) is 18.3. The fourth-order valence-electron chi connectivity index (χ4n) is 4.04. The molecule has 8 nitrogen and oxygen atoms in total. The molecule has 0 aromatic heterocycles. The van der Waals surface area contributed by atoms with Gasteiger partial charge in [-0.1, -0.05) is 12.1 Å². The molecule has 0 bridgehead atoms. The largest absolute Gasteiger partial charge is 0.493 e. The number of benzene rings is 2. The van der Waals surface area contributed by atoms with Gasteiger partial charge in [-0.05, 0) is 54.3 Å². The molecule has 2 aromatic carbocycles. The number of hydrogen-bond donors (Lipinski definition) is 0. The Morgan fingerprint density at radius 3 is 2.44 bits per heavy atom. The lowest BCUT2D eigenvalue weighted by atomic mass is 10.1. The molecule has 0 atom stereocenters. The lowest BCUT2D eigenvalue weighted by Crippen LogP contribution is -2.44. The fraction of sp³-hybridized carbons (Fsp3) is 0.333. The quantitative estimate of drug-likeness (QED) is 0.396. The highest BCUT2D eigenvalue weighted by molar-refractivity contribution is 6.18. The van der Waals surface area contributed by atoms with Gasteiger partial charge in [0, 0.05) is 12.8 Å². The molecule has 0 unspecified atom stereocenters. The average molecular weight is 438 g/mol. The van der Waals surface area contributed by atoms with Gasteiger partial charge in [-0.25, -0.2) is 9.59 Å². The van der Waals surface area contributed by atoms with Crippen molar-refractivity contribution in [3.05, 3.63) is 53.1 Å². The number of ether oxygens (including phenoxy) is 6. The first-order valence-electron chi connectivity index (χ1n) is 10.4. The zero-order valence-corrected chi connectivity index (χ0v) is 17.6. The third kappa shape index (κ3) is 3.84. The maximum absolute atomic E-state index is 12.5. The SMILES string of the molecule is COc1cc(C=C2C(=O)OC3(CCCC3)OC2=O)ccc1OCc1ccc2c(c1)OCO2. The van der Waals surface area contributed by atoms with E-state index in [0.717, 1.165) is 18.4 Å². The van der Waals surface area contributed by atoms with E-state index in [4.69, 9.17) is 28.4 Å². The molecule has 3 aliphatic rings. The van der Waals surface area contributed by atoms with Crippen LogP contribution in [0.15, 0.2) is 42.0 Å². The van der Waals surface area contributed by atoms with Crippen LogP contribution in [0.2, 0.25) is 0 Å². The van der Waals surface area contributed by atoms with Crippen LogP contribution in [0.25, 0.3) is 6.08 Å². The molecule has 0 radical (unpaired) electrons. The molecule has 2 aliphatic heterocycles. The van der Waals surface area contributed by atoms with Crippen molar-refractivity contribution < 1.29 is 38.0 Å². The smallest absolute Gasteiger partial charge is 0.348 e. The molecule has 0 N–H and O–H groups in total. The van der Waals surface area contributed by atoms with Gasteiger partial charge in [0.2, 0.25) is 6.79 Å². The lowest BCUT2D eigenvalue weighted by molar-refractivity contribution is -0.232. The Bertz CT molecular complexity index is 1080. The van der Waals surface area contributed by atoms with E-state index >= 15 is 0 Å². The summed E-state index contributed by atoms with van der Waals surface area (Å²) in [5.41, 5.74) is 1.36. The highest BCUT2D eigenvalue weighted by Crippen LogP contribution is 2.39. The number of esters is 2. The second kappa shape index (κ2) is 8.11. The Kier molecular flexibility index (Phi) is 5.13. The summed E-state index contributed by atoms with van der Waals surface area (Å²) in [6.45, 7) is 0.515. The summed E-state index contributed by atoms with van der Waals surface area (Å²) >= 11 is 0. The van der Waals surface area contributed by atoms with Crippen molar-refractivity contribution >= 4 is 18.0 Å². The third-order valence-corrected chi connectivity index (χ3v) is 5.69. The van der Waals surface area contributed by atoms with Crippen LogP contribution >= 0.6 is 0 Å². The minimum Gasteiger partial charge on any atom is -0.493 e. The van der Waals surface area contributed by atoms with Gasteiger partial charge in [-0.15, -0.1) is 0 Å². The van der Waals surface area contributed by atoms with E-state index in [2.05, 4.69) is 0 Å². The fourth-order valence-corrected chi connectivity index (χ4v) is 4.04. The lowest BCUT2D eigenvalue weighted by Gasteiger charge is -2.32. The molecule has 2 aromatic rings. The topological polar surface area (TPSA) is 89.5 Å². The molecule has 0 amide bonds. The van der Waals surface area contributed by atoms with Crippen LogP contribution in [0.3, 0.4) is 0 Å². The van der Waals surface area contributed by atoms with E-state index < -0.39 is 17.7 Å². The molecule has 8 heteroatoms. The number of carbonyl (C=O) groups excluding carboxylic acids is 2. The van der Waals surface area contributed by atoms with E-state index in [0.29, 0.717) is 48.0 Å². The standard InChI is InChI=1S/C24H22O8/c1-27-20-11-15(10-17-22(25)31-24(32-23(17)26)8-2-3-9-24)4-6-18(20)28-13-16-5-7-19-21(12-16)30-14-29-19/h4-7,10-12H,2-3,8-9,13-14H2,1H3. The van der Waals surface area contributed by atoms with Gasteiger partial charge in [0.1, 0.15) is 12.2 Å². The summed E-state index contributed by atoms with van der Waals surface area (Å²) in [4.78, 5) is 24.9. The molecule has 32 heavy (non-hydrogen) atoms. The van der Waals surface area contributed by atoms with E-state index in [9.17, 15) is 9.59 Å². The molecular weight excluding hydrogens is 416 g/mol. The Labute approximate surface area is 184 Å². The van der Waals surface area contributed by atoms with Crippen LogP contribution in [0.5, 0.6) is 23.0 Å². The van der Waals surface area contributed by atoms with Gasteiger partial charge in [-0.2, -0.15) is 0 Å². The number of carbonyl (C=O) groups is 2. The second-order valence-corrected chi connectivity index (χ2v) is 7.84. The van der Waals surface area contributed by atoms with Crippen LogP contribution in [-0.2, 0) is 25.7 Å². The van der Waals surface area contributed by atoms with Crippen molar-refractivity contribution in [2.24, 2.45) is 0 Å². The van der Waals surface area contributed by atoms with Crippen LogP contribution < -0.4 is 18.9 Å². The van der Waals surface area contributed by atoms with Gasteiger partial charge in [-0.3, -0.25) is 0 Å². The van der Waals surface area contributed by atoms with E-state index in [1.807, 2.05) is 18.2 Å². The van der Waals surface area contributed by atoms with Gasteiger partial charge in [0.25, 0.3) is 5.79 Å². The van der Waals surface area contributed by atoms with Crippen molar-refractivity contribution in [3.8, 4) is 23.0 Å². The van der Waals surface area contributed by atoms with Crippen LogP contribution in [-0.4, -0.2) is 31.6 Å². The van der Waals surface area contributed by atoms with Gasteiger partial charge < -0.3 is 28.4 Å². The highest BCUT2D eigenvalue weighted by Gasteiger charge is 2.47. The van der Waals surface area contributed by atoms with Crippen molar-refractivity contribution in [2.75, 3.05) is 13.9 Å². The molecule has 1 aliphatic carbocycles. The Balaban J connectivity index is 1.31. The summed E-state index contributed by atoms with van der Waals surface area (Å²) in [5, 5.41) is 0. The first kappa shape index (κ1) is 20.2. The molecule has 1 spiro atoms. The molecule has 5 rings (SSSR count). The van der Waals surface area contributed by atoms with Crippen LogP contribution in [0.4, 0.5) is 0 Å². The zero-order valence-electron chi connectivity index (χ0n) is 17.6. The van der Waals surface area contributed by atoms with Gasteiger partial charge in [0.15, 0.2) is 23.0 Å². The highest BCUT2D eigenvalue weighted by atomic mass is 16.7. The number of rotatable bonds is 5. The minimum absolute atomic E-state index is 0.140. The number of methoxy groups -OCH3 is 1. The Morgan fingerprint density at radius 1 is 0.938 bits per heavy atom. The van der Waals surface area contributed by atoms with Gasteiger partial charge >= 0.3 is 11.9 Å². The first-order valence-corrected chi connectivity index (χ1v) is 10.4. The predicted octanol–water partition coefficient (Wildman–Crippen LogP) is 3.76. The Morgan fingerprint density at radius 2 is 1.69 bits per heavy atom. The molecular formula is C24H22O8. The number of hydrogen-bond acceptors (Lipinski definition) is 8. The van der Waals surface area contributed by atoms with Crippen LogP contribution in [0, 0.1) is 0 Å². The molecule has 2 fully saturated rings. The van der Waals surface area contributed by atoms with Crippen molar-refractivity contribution in [1.29, 1.82) is 0 Å². The molecule has 1 saturated heterocycles. The van der Waals surface area contributed by atoms with E-state index in [1.165, 1.54) is 13.2 Å². The molecule has 2 heterocycles. The average Bonchev–Trinajstić information content (AvgIpc) is 3.44. The predicted molar refractivity (Wildman–Crippen MR) is 111 cm³/mol. The van der Waals surface area contributed by atoms with Crippen molar-refractivity contribution in [2.45, 2.75) is 38.1 Å². The summed E-state index contributed by atoms with van der Waals surface area (Å²) in [6, 6.07) is 10.7. The van der Waals surface area contributed by atoms with E-state index in [-0.39, 0.29) is 12.4 Å². The summed E-state index contributed by atoms with van der Waals surface area (Å²) < 4.78 is 33.0. The zero-order chi connectivity index (χ0) is 22.1. The maximum atomic E-state index is 12.5. The van der Waals surface area contributed by atoms with Crippen LogP contribution in [0.1, 0.15) is 36.8 Å². The van der Waals surface area contributed by atoms with Crippen molar-refractivity contribution in [1.82, 2.24) is 0 Å². The second-order valence-electron chi connectivity index (χ2n) is 7.84. The van der Waals surface area contributed by atoms with Crippen molar-refractivity contribution in [3.63, 3.8) is 0 Å². The first-order chi connectivity index (χ1) is 15.5.